The average Bonchev–Trinajstić information content (AvgIpc) is 3.40. The predicted octanol–water partition coefficient (Wildman–Crippen LogP) is 7.01. The fourth-order valence-electron chi connectivity index (χ4n) is 6.79. The molecule has 248 valence electrons. The highest BCUT2D eigenvalue weighted by molar-refractivity contribution is 6.31. The van der Waals surface area contributed by atoms with Crippen molar-refractivity contribution in [2.45, 2.75) is 24.5 Å². The monoisotopic (exact) mass is 679 g/mol. The van der Waals surface area contributed by atoms with Crippen LogP contribution in [0.15, 0.2) is 132 Å². The lowest BCUT2D eigenvalue weighted by Crippen LogP contribution is -2.60. The third kappa shape index (κ3) is 5.45. The fourth-order valence-corrected chi connectivity index (χ4v) is 6.98. The zero-order valence-corrected chi connectivity index (χ0v) is 28.3. The number of aliphatic imine (C=N–C) groups is 1. The number of anilines is 1. The minimum atomic E-state index is -1.33. The molecule has 2 heterocycles. The molecule has 50 heavy (non-hydrogen) atoms. The molecule has 0 bridgehead atoms. The average molecular weight is 680 g/mol. The first-order valence-electron chi connectivity index (χ1n) is 16.1. The topological polar surface area (TPSA) is 122 Å². The van der Waals surface area contributed by atoms with Gasteiger partial charge in [0.15, 0.2) is 11.5 Å². The molecule has 0 spiro atoms. The molecule has 5 aromatic rings. The van der Waals surface area contributed by atoms with E-state index in [1.807, 2.05) is 127 Å². The van der Waals surface area contributed by atoms with Crippen molar-refractivity contribution < 1.29 is 9.63 Å². The molecule has 7 rings (SSSR count). The zero-order chi connectivity index (χ0) is 35.0. The van der Waals surface area contributed by atoms with Gasteiger partial charge in [-0.2, -0.15) is 5.26 Å². The number of rotatable bonds is 7. The van der Waals surface area contributed by atoms with Gasteiger partial charge in [0, 0.05) is 17.8 Å². The van der Waals surface area contributed by atoms with Crippen molar-refractivity contribution in [3.8, 4) is 17.2 Å². The lowest BCUT2D eigenvalue weighted by Gasteiger charge is -2.49. The largest absolute Gasteiger partial charge is 0.369 e. The number of nitriles is 1. The number of hydroxylamine groups is 2. The first-order valence-corrected chi connectivity index (χ1v) is 16.5. The Hall–Kier alpha value is -5.95. The van der Waals surface area contributed by atoms with Gasteiger partial charge in [-0.1, -0.05) is 109 Å². The fraction of sp³-hybridized carbons (Fsp3) is 0.150. The summed E-state index contributed by atoms with van der Waals surface area (Å²) < 4.78 is 0. The summed E-state index contributed by atoms with van der Waals surface area (Å²) >= 11 is 6.37. The standard InChI is InChI=1S/C40H34ClN7O2/c1-39(26-50-46(2)38(44)48(39)35-18-10-17-34(41)23-35)33-16-9-11-27(22-33)28-19-20-29(30(21-28)24-42)25-47-36(49)40(45-37(47)43,31-12-5-3-6-13-31)32-14-7-4-8-15-32/h3-23,44H,25-26H2,1-2H3,(H2,43,45). The number of hydrogen-bond donors (Lipinski definition) is 2. The van der Waals surface area contributed by atoms with Crippen molar-refractivity contribution in [1.29, 1.82) is 10.7 Å². The highest BCUT2D eigenvalue weighted by atomic mass is 35.5. The molecule has 1 saturated heterocycles. The van der Waals surface area contributed by atoms with Gasteiger partial charge in [-0.05, 0) is 70.6 Å². The first kappa shape index (κ1) is 32.6. The minimum absolute atomic E-state index is 0.0818. The molecule has 2 aliphatic rings. The number of nitrogens with zero attached hydrogens (tertiary/aromatic N) is 5. The van der Waals surface area contributed by atoms with Crippen LogP contribution in [0.1, 0.15) is 34.7 Å². The number of carbonyl (C=O) groups is 1. The normalized spacial score (nSPS) is 18.6. The van der Waals surface area contributed by atoms with Gasteiger partial charge < -0.3 is 5.73 Å². The van der Waals surface area contributed by atoms with Crippen LogP contribution in [-0.2, 0) is 27.3 Å². The maximum atomic E-state index is 14.3. The number of amides is 1. The van der Waals surface area contributed by atoms with Crippen LogP contribution in [0.25, 0.3) is 11.1 Å². The van der Waals surface area contributed by atoms with E-state index in [1.165, 1.54) is 9.96 Å². The Kier molecular flexibility index (Phi) is 8.36. The van der Waals surface area contributed by atoms with E-state index >= 15 is 0 Å². The van der Waals surface area contributed by atoms with Crippen LogP contribution in [0.5, 0.6) is 0 Å². The number of guanidine groups is 2. The van der Waals surface area contributed by atoms with Gasteiger partial charge >= 0.3 is 0 Å². The maximum absolute atomic E-state index is 14.3. The van der Waals surface area contributed by atoms with Gasteiger partial charge in [0.05, 0.1) is 23.7 Å². The van der Waals surface area contributed by atoms with E-state index in [0.717, 1.165) is 22.4 Å². The molecule has 9 nitrogen and oxygen atoms in total. The Bertz CT molecular complexity index is 2140. The third-order valence-electron chi connectivity index (χ3n) is 9.48. The van der Waals surface area contributed by atoms with Crippen LogP contribution in [0, 0.1) is 16.7 Å². The van der Waals surface area contributed by atoms with Gasteiger partial charge in [0.25, 0.3) is 5.91 Å². The van der Waals surface area contributed by atoms with E-state index in [2.05, 4.69) is 12.1 Å². The van der Waals surface area contributed by atoms with E-state index in [4.69, 9.17) is 32.6 Å². The summed E-state index contributed by atoms with van der Waals surface area (Å²) in [4.78, 5) is 28.4. The SMILES string of the molecule is CN1OCC(C)(c2cccc(-c3ccc(CN4C(=O)C(c5ccccc5)(c5ccccc5)N=C4N)c(C#N)c3)c2)N(c2cccc(Cl)c2)C1=N. The summed E-state index contributed by atoms with van der Waals surface area (Å²) in [5.41, 5.74) is 10.3. The highest BCUT2D eigenvalue weighted by Crippen LogP contribution is 2.41. The summed E-state index contributed by atoms with van der Waals surface area (Å²) in [6.45, 7) is 2.39. The van der Waals surface area contributed by atoms with Crippen LogP contribution in [0.4, 0.5) is 5.69 Å². The van der Waals surface area contributed by atoms with Gasteiger partial charge in [-0.3, -0.25) is 24.8 Å². The maximum Gasteiger partial charge on any atom is 0.266 e. The lowest BCUT2D eigenvalue weighted by molar-refractivity contribution is -0.130. The summed E-state index contributed by atoms with van der Waals surface area (Å²) in [6.07, 6.45) is 0. The Morgan fingerprint density at radius 2 is 1.52 bits per heavy atom. The Morgan fingerprint density at radius 3 is 2.18 bits per heavy atom. The van der Waals surface area contributed by atoms with Gasteiger partial charge in [-0.25, -0.2) is 10.1 Å². The molecule has 0 radical (unpaired) electrons. The van der Waals surface area contributed by atoms with Crippen LogP contribution in [-0.4, -0.2) is 41.4 Å². The molecule has 1 atom stereocenters. The molecule has 0 aromatic heterocycles. The number of carbonyl (C=O) groups excluding carboxylic acids is 1. The molecule has 5 aromatic carbocycles. The molecule has 0 saturated carbocycles. The van der Waals surface area contributed by atoms with Crippen LogP contribution in [0.3, 0.4) is 0 Å². The molecule has 1 fully saturated rings. The van der Waals surface area contributed by atoms with E-state index in [0.29, 0.717) is 27.3 Å². The second-order valence-electron chi connectivity index (χ2n) is 12.6. The Labute approximate surface area is 295 Å². The van der Waals surface area contributed by atoms with Crippen molar-refractivity contribution in [2.24, 2.45) is 10.7 Å². The van der Waals surface area contributed by atoms with E-state index < -0.39 is 11.1 Å². The van der Waals surface area contributed by atoms with Gasteiger partial charge in [-0.15, -0.1) is 0 Å². The summed E-state index contributed by atoms with van der Waals surface area (Å²) in [6, 6.07) is 42.2. The molecule has 10 heteroatoms. The van der Waals surface area contributed by atoms with Crippen molar-refractivity contribution in [3.63, 3.8) is 0 Å². The van der Waals surface area contributed by atoms with Crippen molar-refractivity contribution in [1.82, 2.24) is 9.96 Å². The second kappa shape index (κ2) is 12.8. The minimum Gasteiger partial charge on any atom is -0.369 e. The molecule has 2 aliphatic heterocycles. The zero-order valence-electron chi connectivity index (χ0n) is 27.5. The van der Waals surface area contributed by atoms with E-state index in [9.17, 15) is 10.1 Å². The molecule has 3 N–H and O–H groups in total. The third-order valence-corrected chi connectivity index (χ3v) is 9.72. The molecular formula is C40H34ClN7O2. The number of nitrogens with two attached hydrogens (primary N) is 1. The predicted molar refractivity (Wildman–Crippen MR) is 195 cm³/mol. The van der Waals surface area contributed by atoms with Crippen LogP contribution in [0.2, 0.25) is 5.02 Å². The number of hydrogen-bond acceptors (Lipinski definition) is 6. The summed E-state index contributed by atoms with van der Waals surface area (Å²) in [7, 11) is 1.71. The number of nitrogens with one attached hydrogen (secondary N) is 1. The van der Waals surface area contributed by atoms with Crippen molar-refractivity contribution >= 4 is 35.1 Å². The first-order chi connectivity index (χ1) is 24.2. The van der Waals surface area contributed by atoms with Gasteiger partial charge in [0.2, 0.25) is 5.96 Å². The number of benzene rings is 5. The van der Waals surface area contributed by atoms with Crippen LogP contribution >= 0.6 is 11.6 Å². The molecule has 0 aliphatic carbocycles. The van der Waals surface area contributed by atoms with E-state index in [-0.39, 0.29) is 31.0 Å². The number of halogens is 1. The quantitative estimate of drug-likeness (QED) is 0.191. The van der Waals surface area contributed by atoms with Crippen molar-refractivity contribution in [3.05, 3.63) is 160 Å². The smallest absolute Gasteiger partial charge is 0.266 e. The van der Waals surface area contributed by atoms with Gasteiger partial charge in [0.1, 0.15) is 6.61 Å². The molecular weight excluding hydrogens is 646 g/mol. The Balaban J connectivity index is 1.21. The van der Waals surface area contributed by atoms with Crippen LogP contribution < -0.4 is 10.6 Å². The van der Waals surface area contributed by atoms with Crippen molar-refractivity contribution in [2.75, 3.05) is 18.6 Å². The second-order valence-corrected chi connectivity index (χ2v) is 13.0. The lowest BCUT2D eigenvalue weighted by atomic mass is 9.83. The summed E-state index contributed by atoms with van der Waals surface area (Å²) in [5, 5.41) is 21.2. The molecule has 1 unspecified atom stereocenters. The molecule has 1 amide bonds. The van der Waals surface area contributed by atoms with E-state index in [1.54, 1.807) is 13.1 Å². The highest BCUT2D eigenvalue weighted by Gasteiger charge is 2.50. The summed E-state index contributed by atoms with van der Waals surface area (Å²) in [5.74, 6) is -0.0198. The Morgan fingerprint density at radius 1 is 0.880 bits per heavy atom.